The van der Waals surface area contributed by atoms with Crippen LogP contribution in [-0.4, -0.2) is 11.2 Å². The topological polar surface area (TPSA) is 20.2 Å². The molecule has 4 saturated carbocycles. The second-order valence-corrected chi connectivity index (χ2v) is 15.2. The van der Waals surface area contributed by atoms with Crippen LogP contribution in [-0.2, 0) is 0 Å². The maximum atomic E-state index is 10.9. The van der Waals surface area contributed by atoms with Crippen LogP contribution in [0, 0.1) is 50.2 Å². The second kappa shape index (κ2) is 6.43. The Kier molecular flexibility index (Phi) is 4.66. The van der Waals surface area contributed by atoms with Crippen LogP contribution in [0.15, 0.2) is 11.6 Å². The first-order chi connectivity index (χ1) is 14.2. The molecule has 1 heteroatoms. The number of fused-ring (bicyclic) bond motifs is 7. The van der Waals surface area contributed by atoms with Crippen molar-refractivity contribution >= 4 is 0 Å². The molecule has 0 bridgehead atoms. The zero-order chi connectivity index (χ0) is 22.7. The summed E-state index contributed by atoms with van der Waals surface area (Å²) in [6, 6.07) is 0. The van der Waals surface area contributed by atoms with Crippen LogP contribution >= 0.6 is 0 Å². The summed E-state index contributed by atoms with van der Waals surface area (Å²) in [6.45, 7) is 20.4. The summed E-state index contributed by atoms with van der Waals surface area (Å²) in [5.41, 5.74) is 4.09. The maximum Gasteiger partial charge on any atom is 0.0594 e. The molecule has 5 aliphatic rings. The van der Waals surface area contributed by atoms with Gasteiger partial charge in [-0.05, 0) is 114 Å². The van der Waals surface area contributed by atoms with Gasteiger partial charge in [0.15, 0.2) is 0 Å². The first-order valence-corrected chi connectivity index (χ1v) is 13.6. The third kappa shape index (κ3) is 2.77. The maximum absolute atomic E-state index is 10.9. The lowest BCUT2D eigenvalue weighted by molar-refractivity contribution is -0.202. The second-order valence-electron chi connectivity index (χ2n) is 15.2. The molecule has 0 aliphatic heterocycles. The van der Waals surface area contributed by atoms with Crippen molar-refractivity contribution in [2.75, 3.05) is 0 Å². The smallest absolute Gasteiger partial charge is 0.0594 e. The summed E-state index contributed by atoms with van der Waals surface area (Å²) in [6.07, 6.45) is 15.9. The number of aliphatic hydroxyl groups is 1. The van der Waals surface area contributed by atoms with Gasteiger partial charge in [0.05, 0.1) is 6.10 Å². The van der Waals surface area contributed by atoms with E-state index in [1.165, 1.54) is 57.8 Å². The molecule has 0 aromatic carbocycles. The molecular formula is C30H50O. The van der Waals surface area contributed by atoms with Gasteiger partial charge in [-0.1, -0.05) is 67.0 Å². The third-order valence-corrected chi connectivity index (χ3v) is 13.0. The highest BCUT2D eigenvalue weighted by molar-refractivity contribution is 5.33. The van der Waals surface area contributed by atoms with Gasteiger partial charge in [-0.2, -0.15) is 0 Å². The highest BCUT2D eigenvalue weighted by Gasteiger charge is 2.67. The van der Waals surface area contributed by atoms with E-state index in [9.17, 15) is 5.11 Å². The summed E-state index contributed by atoms with van der Waals surface area (Å²) in [5.74, 6) is 2.21. The SMILES string of the molecule is CC1(C)CC[C@]2(C)CC[C@]3(C)C(=CC[C@H]4[C@@]5(C)CC[C@H](O)C(C)(C)[C@@H]5CC[C@@]43C)[C@@H]2C1. The predicted molar refractivity (Wildman–Crippen MR) is 131 cm³/mol. The molecule has 0 aromatic rings. The fourth-order valence-corrected chi connectivity index (χ4v) is 10.5. The molecule has 0 radical (unpaired) electrons. The molecular weight excluding hydrogens is 376 g/mol. The van der Waals surface area contributed by atoms with Gasteiger partial charge in [-0.25, -0.2) is 0 Å². The van der Waals surface area contributed by atoms with Crippen LogP contribution in [0.1, 0.15) is 120 Å². The number of aliphatic hydroxyl groups excluding tert-OH is 1. The summed E-state index contributed by atoms with van der Waals surface area (Å²) in [4.78, 5) is 0. The van der Waals surface area contributed by atoms with Gasteiger partial charge in [-0.15, -0.1) is 0 Å². The van der Waals surface area contributed by atoms with Crippen LogP contribution in [0.2, 0.25) is 0 Å². The zero-order valence-electron chi connectivity index (χ0n) is 21.9. The molecule has 0 spiro atoms. The van der Waals surface area contributed by atoms with E-state index in [2.05, 4.69) is 61.5 Å². The average Bonchev–Trinajstić information content (AvgIpc) is 2.67. The van der Waals surface area contributed by atoms with Crippen molar-refractivity contribution in [3.63, 3.8) is 0 Å². The highest BCUT2D eigenvalue weighted by Crippen LogP contribution is 2.75. The van der Waals surface area contributed by atoms with Crippen LogP contribution in [0.4, 0.5) is 0 Å². The van der Waals surface area contributed by atoms with Crippen molar-refractivity contribution in [1.29, 1.82) is 0 Å². The van der Waals surface area contributed by atoms with Crippen molar-refractivity contribution in [3.05, 3.63) is 11.6 Å². The van der Waals surface area contributed by atoms with Crippen LogP contribution < -0.4 is 0 Å². The fraction of sp³-hybridized carbons (Fsp3) is 0.933. The molecule has 4 fully saturated rings. The largest absolute Gasteiger partial charge is 0.393 e. The molecule has 1 N–H and O–H groups in total. The Balaban J connectivity index is 1.57. The molecule has 5 aliphatic carbocycles. The standard InChI is InChI=1S/C30H50O/c1-25(2)15-16-27(5)17-18-29(7)20(21(27)19-25)9-10-23-28(6)13-12-24(31)26(3,4)22(28)11-14-30(23,29)8/h9,21-24,31H,10-19H2,1-8H3/t21-,22-,23-,24-,27+,28-,29+,30-/m0/s1. The lowest BCUT2D eigenvalue weighted by atomic mass is 9.33. The highest BCUT2D eigenvalue weighted by atomic mass is 16.3. The Labute approximate surface area is 192 Å². The van der Waals surface area contributed by atoms with E-state index in [0.29, 0.717) is 33.0 Å². The molecule has 5 rings (SSSR count). The van der Waals surface area contributed by atoms with Gasteiger partial charge in [0, 0.05) is 0 Å². The summed E-state index contributed by atoms with van der Waals surface area (Å²) >= 11 is 0. The molecule has 0 saturated heterocycles. The lowest BCUT2D eigenvalue weighted by Crippen LogP contribution is -2.64. The Bertz CT molecular complexity index is 790. The van der Waals surface area contributed by atoms with Gasteiger partial charge in [-0.3, -0.25) is 0 Å². The zero-order valence-corrected chi connectivity index (χ0v) is 21.9. The van der Waals surface area contributed by atoms with Crippen molar-refractivity contribution < 1.29 is 5.11 Å². The molecule has 0 aromatic heterocycles. The molecule has 0 unspecified atom stereocenters. The van der Waals surface area contributed by atoms with Crippen molar-refractivity contribution in [1.82, 2.24) is 0 Å². The van der Waals surface area contributed by atoms with Crippen LogP contribution in [0.3, 0.4) is 0 Å². The summed E-state index contributed by atoms with van der Waals surface area (Å²) in [7, 11) is 0. The van der Waals surface area contributed by atoms with E-state index in [0.717, 1.165) is 18.3 Å². The van der Waals surface area contributed by atoms with E-state index < -0.39 is 0 Å². The Morgan fingerprint density at radius 2 is 1.45 bits per heavy atom. The average molecular weight is 427 g/mol. The lowest BCUT2D eigenvalue weighted by Gasteiger charge is -2.71. The first kappa shape index (κ1) is 22.5. The number of allylic oxidation sites excluding steroid dienone is 2. The quantitative estimate of drug-likeness (QED) is 0.387. The minimum absolute atomic E-state index is 0.0533. The van der Waals surface area contributed by atoms with Crippen molar-refractivity contribution in [2.45, 2.75) is 126 Å². The van der Waals surface area contributed by atoms with Crippen LogP contribution in [0.5, 0.6) is 0 Å². The molecule has 176 valence electrons. The number of hydrogen-bond acceptors (Lipinski definition) is 1. The minimum Gasteiger partial charge on any atom is -0.393 e. The van der Waals surface area contributed by atoms with Crippen LogP contribution in [0.25, 0.3) is 0 Å². The molecule has 0 heterocycles. The molecule has 31 heavy (non-hydrogen) atoms. The minimum atomic E-state index is -0.125. The van der Waals surface area contributed by atoms with E-state index in [-0.39, 0.29) is 11.5 Å². The molecule has 1 nitrogen and oxygen atoms in total. The van der Waals surface area contributed by atoms with E-state index in [4.69, 9.17) is 0 Å². The Morgan fingerprint density at radius 3 is 2.16 bits per heavy atom. The fourth-order valence-electron chi connectivity index (χ4n) is 10.5. The van der Waals surface area contributed by atoms with Crippen molar-refractivity contribution in [3.8, 4) is 0 Å². The van der Waals surface area contributed by atoms with E-state index in [1.54, 1.807) is 0 Å². The Hall–Kier alpha value is -0.300. The normalized spacial score (nSPS) is 55.2. The number of hydrogen-bond donors (Lipinski definition) is 1. The molecule has 8 atom stereocenters. The Morgan fingerprint density at radius 1 is 0.774 bits per heavy atom. The van der Waals surface area contributed by atoms with E-state index in [1.807, 2.05) is 5.57 Å². The summed E-state index contributed by atoms with van der Waals surface area (Å²) < 4.78 is 0. The third-order valence-electron chi connectivity index (χ3n) is 13.0. The van der Waals surface area contributed by atoms with Gasteiger partial charge < -0.3 is 5.11 Å². The summed E-state index contributed by atoms with van der Waals surface area (Å²) in [5, 5.41) is 10.9. The van der Waals surface area contributed by atoms with Gasteiger partial charge >= 0.3 is 0 Å². The van der Waals surface area contributed by atoms with Gasteiger partial charge in [0.25, 0.3) is 0 Å². The molecule has 0 amide bonds. The number of rotatable bonds is 0. The van der Waals surface area contributed by atoms with Gasteiger partial charge in [0.1, 0.15) is 0 Å². The van der Waals surface area contributed by atoms with Crippen molar-refractivity contribution in [2.24, 2.45) is 50.2 Å². The predicted octanol–water partition coefficient (Wildman–Crippen LogP) is 8.17. The van der Waals surface area contributed by atoms with Gasteiger partial charge in [0.2, 0.25) is 0 Å². The van der Waals surface area contributed by atoms with E-state index >= 15 is 0 Å². The monoisotopic (exact) mass is 426 g/mol. The first-order valence-electron chi connectivity index (χ1n) is 13.6.